The molecule has 1 N–H and O–H groups in total. The summed E-state index contributed by atoms with van der Waals surface area (Å²) in [5.41, 5.74) is 0.848. The number of benzene rings is 2. The van der Waals surface area contributed by atoms with Crippen molar-refractivity contribution in [2.45, 2.75) is 12.8 Å². The molecule has 2 aromatic carbocycles. The van der Waals surface area contributed by atoms with Gasteiger partial charge in [-0.15, -0.1) is 0 Å². The van der Waals surface area contributed by atoms with Crippen molar-refractivity contribution in [1.29, 1.82) is 0 Å². The Labute approximate surface area is 133 Å². The maximum atomic E-state index is 13.9. The summed E-state index contributed by atoms with van der Waals surface area (Å²) < 4.78 is 36.8. The SMILES string of the molecule is COc1cc(F)c(NC(=O)CCc2ccc(F)cc2)cc1OC. The highest BCUT2D eigenvalue weighted by Crippen LogP contribution is 2.32. The monoisotopic (exact) mass is 321 g/mol. The highest BCUT2D eigenvalue weighted by molar-refractivity contribution is 5.91. The predicted octanol–water partition coefficient (Wildman–Crippen LogP) is 3.55. The molecular formula is C17H17F2NO3. The molecule has 0 saturated heterocycles. The van der Waals surface area contributed by atoms with Gasteiger partial charge in [0.05, 0.1) is 19.9 Å². The van der Waals surface area contributed by atoms with Crippen LogP contribution in [0.4, 0.5) is 14.5 Å². The zero-order valence-electron chi connectivity index (χ0n) is 12.9. The maximum Gasteiger partial charge on any atom is 0.224 e. The third-order valence-corrected chi connectivity index (χ3v) is 3.30. The maximum absolute atomic E-state index is 13.9. The van der Waals surface area contributed by atoms with E-state index in [0.717, 1.165) is 11.6 Å². The minimum absolute atomic E-state index is 0.0201. The van der Waals surface area contributed by atoms with E-state index in [1.807, 2.05) is 0 Å². The minimum Gasteiger partial charge on any atom is -0.493 e. The normalized spacial score (nSPS) is 10.3. The predicted molar refractivity (Wildman–Crippen MR) is 82.9 cm³/mol. The van der Waals surface area contributed by atoms with Gasteiger partial charge in [0, 0.05) is 18.6 Å². The van der Waals surface area contributed by atoms with Crippen LogP contribution in [0.5, 0.6) is 11.5 Å². The minimum atomic E-state index is -0.613. The van der Waals surface area contributed by atoms with Gasteiger partial charge in [-0.25, -0.2) is 8.78 Å². The molecule has 0 aliphatic carbocycles. The van der Waals surface area contributed by atoms with Crippen molar-refractivity contribution in [3.8, 4) is 11.5 Å². The molecule has 2 rings (SSSR count). The Morgan fingerprint density at radius 1 is 1.04 bits per heavy atom. The highest BCUT2D eigenvalue weighted by atomic mass is 19.1. The number of ether oxygens (including phenoxy) is 2. The third-order valence-electron chi connectivity index (χ3n) is 3.30. The molecule has 4 nitrogen and oxygen atoms in total. The van der Waals surface area contributed by atoms with Crippen LogP contribution in [-0.4, -0.2) is 20.1 Å². The van der Waals surface area contributed by atoms with Crippen LogP contribution in [0.2, 0.25) is 0 Å². The Morgan fingerprint density at radius 2 is 1.65 bits per heavy atom. The number of methoxy groups -OCH3 is 2. The smallest absolute Gasteiger partial charge is 0.224 e. The second kappa shape index (κ2) is 7.58. The number of aryl methyl sites for hydroxylation is 1. The summed E-state index contributed by atoms with van der Waals surface area (Å²) in [6.45, 7) is 0. The molecule has 0 spiro atoms. The number of nitrogens with one attached hydrogen (secondary N) is 1. The second-order valence-corrected chi connectivity index (χ2v) is 4.86. The summed E-state index contributed by atoms with van der Waals surface area (Å²) in [6.07, 6.45) is 0.584. The first-order valence-electron chi connectivity index (χ1n) is 6.99. The Morgan fingerprint density at radius 3 is 2.26 bits per heavy atom. The standard InChI is InChI=1S/C17H17F2NO3/c1-22-15-9-13(19)14(10-16(15)23-2)20-17(21)8-5-11-3-6-12(18)7-4-11/h3-4,6-7,9-10H,5,8H2,1-2H3,(H,20,21). The first kappa shape index (κ1) is 16.7. The van der Waals surface area contributed by atoms with Crippen molar-refractivity contribution in [2.75, 3.05) is 19.5 Å². The molecule has 0 saturated carbocycles. The van der Waals surface area contributed by atoms with E-state index in [-0.39, 0.29) is 29.6 Å². The van der Waals surface area contributed by atoms with Crippen LogP contribution in [0, 0.1) is 11.6 Å². The fraction of sp³-hybridized carbons (Fsp3) is 0.235. The van der Waals surface area contributed by atoms with E-state index in [2.05, 4.69) is 5.32 Å². The van der Waals surface area contributed by atoms with Gasteiger partial charge in [-0.2, -0.15) is 0 Å². The quantitative estimate of drug-likeness (QED) is 0.885. The van der Waals surface area contributed by atoms with Gasteiger partial charge in [-0.1, -0.05) is 12.1 Å². The van der Waals surface area contributed by atoms with Gasteiger partial charge in [-0.05, 0) is 24.1 Å². The van der Waals surface area contributed by atoms with E-state index in [9.17, 15) is 13.6 Å². The van der Waals surface area contributed by atoms with Crippen LogP contribution in [0.3, 0.4) is 0 Å². The van der Waals surface area contributed by atoms with E-state index in [0.29, 0.717) is 12.2 Å². The van der Waals surface area contributed by atoms with Gasteiger partial charge in [0.1, 0.15) is 5.82 Å². The zero-order chi connectivity index (χ0) is 16.8. The van der Waals surface area contributed by atoms with Crippen LogP contribution in [0.1, 0.15) is 12.0 Å². The summed E-state index contributed by atoms with van der Waals surface area (Å²) in [6, 6.07) is 8.40. The molecule has 122 valence electrons. The largest absolute Gasteiger partial charge is 0.493 e. The molecule has 0 atom stereocenters. The van der Waals surface area contributed by atoms with Gasteiger partial charge < -0.3 is 14.8 Å². The molecule has 0 radical (unpaired) electrons. The fourth-order valence-corrected chi connectivity index (χ4v) is 2.07. The molecule has 0 unspecified atom stereocenters. The lowest BCUT2D eigenvalue weighted by molar-refractivity contribution is -0.116. The molecule has 2 aromatic rings. The first-order valence-corrected chi connectivity index (χ1v) is 6.99. The van der Waals surface area contributed by atoms with E-state index in [4.69, 9.17) is 9.47 Å². The highest BCUT2D eigenvalue weighted by Gasteiger charge is 2.13. The van der Waals surface area contributed by atoms with E-state index < -0.39 is 5.82 Å². The van der Waals surface area contributed by atoms with Crippen molar-refractivity contribution in [3.05, 3.63) is 53.6 Å². The van der Waals surface area contributed by atoms with Crippen molar-refractivity contribution in [1.82, 2.24) is 0 Å². The molecule has 6 heteroatoms. The van der Waals surface area contributed by atoms with Crippen molar-refractivity contribution >= 4 is 11.6 Å². The van der Waals surface area contributed by atoms with Crippen LogP contribution in [0.25, 0.3) is 0 Å². The molecule has 0 aliphatic rings. The Bertz CT molecular complexity index is 687. The van der Waals surface area contributed by atoms with Gasteiger partial charge in [0.15, 0.2) is 17.3 Å². The van der Waals surface area contributed by atoms with Crippen LogP contribution in [-0.2, 0) is 11.2 Å². The number of carbonyl (C=O) groups is 1. The van der Waals surface area contributed by atoms with E-state index in [1.54, 1.807) is 12.1 Å². The lowest BCUT2D eigenvalue weighted by Gasteiger charge is -2.12. The Balaban J connectivity index is 2.01. The van der Waals surface area contributed by atoms with E-state index >= 15 is 0 Å². The van der Waals surface area contributed by atoms with E-state index in [1.165, 1.54) is 32.4 Å². The van der Waals surface area contributed by atoms with Gasteiger partial charge in [0.2, 0.25) is 5.91 Å². The number of carbonyl (C=O) groups excluding carboxylic acids is 1. The lowest BCUT2D eigenvalue weighted by atomic mass is 10.1. The molecule has 0 aromatic heterocycles. The fourth-order valence-electron chi connectivity index (χ4n) is 2.07. The molecule has 0 fully saturated rings. The lowest BCUT2D eigenvalue weighted by Crippen LogP contribution is -2.13. The Kier molecular flexibility index (Phi) is 5.51. The summed E-state index contributed by atoms with van der Waals surface area (Å²) in [5, 5.41) is 2.49. The van der Waals surface area contributed by atoms with Crippen LogP contribution < -0.4 is 14.8 Å². The third kappa shape index (κ3) is 4.42. The number of amides is 1. The summed E-state index contributed by atoms with van der Waals surface area (Å²) >= 11 is 0. The van der Waals surface area contributed by atoms with Crippen LogP contribution >= 0.6 is 0 Å². The molecule has 0 aliphatic heterocycles. The number of halogens is 2. The summed E-state index contributed by atoms with van der Waals surface area (Å²) in [4.78, 5) is 11.9. The topological polar surface area (TPSA) is 47.6 Å². The first-order chi connectivity index (χ1) is 11.0. The number of rotatable bonds is 6. The van der Waals surface area contributed by atoms with Crippen LogP contribution in [0.15, 0.2) is 36.4 Å². The molecule has 1 amide bonds. The molecule has 23 heavy (non-hydrogen) atoms. The molecule has 0 heterocycles. The average Bonchev–Trinajstić information content (AvgIpc) is 2.55. The van der Waals surface area contributed by atoms with Crippen molar-refractivity contribution in [2.24, 2.45) is 0 Å². The average molecular weight is 321 g/mol. The summed E-state index contributed by atoms with van der Waals surface area (Å²) in [7, 11) is 2.83. The zero-order valence-corrected chi connectivity index (χ0v) is 12.9. The number of anilines is 1. The second-order valence-electron chi connectivity index (χ2n) is 4.86. The van der Waals surface area contributed by atoms with Crippen molar-refractivity contribution in [3.63, 3.8) is 0 Å². The van der Waals surface area contributed by atoms with Crippen molar-refractivity contribution < 1.29 is 23.0 Å². The Hall–Kier alpha value is -2.63. The summed E-state index contributed by atoms with van der Waals surface area (Å²) in [5.74, 6) is -0.721. The number of hydrogen-bond acceptors (Lipinski definition) is 3. The van der Waals surface area contributed by atoms with Gasteiger partial charge in [0.25, 0.3) is 0 Å². The van der Waals surface area contributed by atoms with Gasteiger partial charge in [-0.3, -0.25) is 4.79 Å². The molecular weight excluding hydrogens is 304 g/mol. The number of hydrogen-bond donors (Lipinski definition) is 1. The molecule has 0 bridgehead atoms. The van der Waals surface area contributed by atoms with Gasteiger partial charge >= 0.3 is 0 Å².